The minimum Gasteiger partial charge on any atom is -0.493 e. The minimum absolute atomic E-state index is 0.0772. The maximum absolute atomic E-state index is 12.9. The molecule has 0 atom stereocenters. The quantitative estimate of drug-likeness (QED) is 0.670. The Morgan fingerprint density at radius 3 is 2.48 bits per heavy atom. The summed E-state index contributed by atoms with van der Waals surface area (Å²) >= 11 is 6.25. The summed E-state index contributed by atoms with van der Waals surface area (Å²) in [4.78, 5) is 26.7. The van der Waals surface area contributed by atoms with Crippen LogP contribution in [0.5, 0.6) is 17.2 Å². The van der Waals surface area contributed by atoms with E-state index in [1.807, 2.05) is 0 Å². The van der Waals surface area contributed by atoms with Gasteiger partial charge in [0.25, 0.3) is 11.8 Å². The first-order chi connectivity index (χ1) is 13.9. The van der Waals surface area contributed by atoms with Crippen LogP contribution in [0.15, 0.2) is 47.5 Å². The molecule has 2 aliphatic rings. The molecule has 0 aliphatic carbocycles. The molecule has 29 heavy (non-hydrogen) atoms. The highest BCUT2D eigenvalue weighted by molar-refractivity contribution is 6.55. The zero-order valence-corrected chi connectivity index (χ0v) is 16.9. The number of amides is 2. The number of carbonyl (C=O) groups excluding carboxylic acids is 2. The molecule has 6 nitrogen and oxygen atoms in total. The van der Waals surface area contributed by atoms with Crippen molar-refractivity contribution >= 4 is 29.0 Å². The molecule has 0 radical (unpaired) electrons. The summed E-state index contributed by atoms with van der Waals surface area (Å²) in [6.07, 6.45) is 0. The van der Waals surface area contributed by atoms with Gasteiger partial charge >= 0.3 is 0 Å². The van der Waals surface area contributed by atoms with Crippen molar-refractivity contribution in [2.75, 3.05) is 13.4 Å². The van der Waals surface area contributed by atoms with Crippen LogP contribution in [0.2, 0.25) is 0 Å². The molecule has 7 heteroatoms. The number of carbonyl (C=O) groups is 2. The van der Waals surface area contributed by atoms with E-state index in [0.717, 1.165) is 10.5 Å². The van der Waals surface area contributed by atoms with Crippen molar-refractivity contribution in [1.82, 2.24) is 4.90 Å². The molecule has 0 saturated carbocycles. The van der Waals surface area contributed by atoms with Gasteiger partial charge in [-0.2, -0.15) is 0 Å². The van der Waals surface area contributed by atoms with E-state index >= 15 is 0 Å². The lowest BCUT2D eigenvalue weighted by Gasteiger charge is -2.15. The fourth-order valence-corrected chi connectivity index (χ4v) is 3.43. The van der Waals surface area contributed by atoms with E-state index in [-0.39, 0.29) is 23.9 Å². The second-order valence-corrected chi connectivity index (χ2v) is 7.68. The maximum Gasteiger partial charge on any atom is 0.273 e. The van der Waals surface area contributed by atoms with Gasteiger partial charge in [0.15, 0.2) is 11.5 Å². The van der Waals surface area contributed by atoms with E-state index in [0.29, 0.717) is 35.3 Å². The second kappa shape index (κ2) is 7.79. The number of benzene rings is 2. The molecule has 2 aliphatic heterocycles. The Kier molecular flexibility index (Phi) is 5.20. The van der Waals surface area contributed by atoms with E-state index in [2.05, 4.69) is 13.8 Å². The molecular formula is C22H20ClNO5. The molecular weight excluding hydrogens is 394 g/mol. The molecule has 2 aromatic rings. The molecule has 0 fully saturated rings. The third kappa shape index (κ3) is 3.80. The summed E-state index contributed by atoms with van der Waals surface area (Å²) in [5.74, 6) is 1.42. The van der Waals surface area contributed by atoms with E-state index in [9.17, 15) is 9.59 Å². The number of hydrogen-bond acceptors (Lipinski definition) is 5. The largest absolute Gasteiger partial charge is 0.493 e. The standard InChI is InChI=1S/C22H20ClNO5/c1-13(2)11-27-16-6-4-15(5-7-16)19-20(23)22(26)24(21(19)25)10-14-3-8-17-18(9-14)29-12-28-17/h3-9,13H,10-12H2,1-2H3. The van der Waals surface area contributed by atoms with Crippen LogP contribution < -0.4 is 14.2 Å². The van der Waals surface area contributed by atoms with Crippen LogP contribution >= 0.6 is 11.6 Å². The van der Waals surface area contributed by atoms with Crippen LogP contribution in [-0.4, -0.2) is 30.1 Å². The summed E-state index contributed by atoms with van der Waals surface area (Å²) < 4.78 is 16.3. The van der Waals surface area contributed by atoms with E-state index in [4.69, 9.17) is 25.8 Å². The summed E-state index contributed by atoms with van der Waals surface area (Å²) in [6, 6.07) is 12.3. The van der Waals surface area contributed by atoms with Gasteiger partial charge in [0, 0.05) is 0 Å². The zero-order chi connectivity index (χ0) is 20.5. The Bertz CT molecular complexity index is 997. The van der Waals surface area contributed by atoms with Gasteiger partial charge in [0.2, 0.25) is 6.79 Å². The van der Waals surface area contributed by atoms with Crippen molar-refractivity contribution in [2.45, 2.75) is 20.4 Å². The van der Waals surface area contributed by atoms with Gasteiger partial charge in [-0.15, -0.1) is 0 Å². The van der Waals surface area contributed by atoms with Crippen molar-refractivity contribution in [1.29, 1.82) is 0 Å². The third-order valence-corrected chi connectivity index (χ3v) is 4.97. The molecule has 2 amide bonds. The Balaban J connectivity index is 1.52. The summed E-state index contributed by atoms with van der Waals surface area (Å²) in [6.45, 7) is 4.99. The van der Waals surface area contributed by atoms with Crippen LogP contribution in [0.4, 0.5) is 0 Å². The first-order valence-corrected chi connectivity index (χ1v) is 9.69. The second-order valence-electron chi connectivity index (χ2n) is 7.30. The topological polar surface area (TPSA) is 65.1 Å². The lowest BCUT2D eigenvalue weighted by Crippen LogP contribution is -2.30. The van der Waals surface area contributed by atoms with Gasteiger partial charge < -0.3 is 14.2 Å². The first-order valence-electron chi connectivity index (χ1n) is 9.31. The van der Waals surface area contributed by atoms with E-state index in [1.54, 1.807) is 42.5 Å². The Hall–Kier alpha value is -2.99. The molecule has 2 aromatic carbocycles. The lowest BCUT2D eigenvalue weighted by molar-refractivity contribution is -0.137. The Morgan fingerprint density at radius 2 is 1.76 bits per heavy atom. The monoisotopic (exact) mass is 413 g/mol. The van der Waals surface area contributed by atoms with Crippen LogP contribution in [0.25, 0.3) is 5.57 Å². The van der Waals surface area contributed by atoms with Crippen LogP contribution in [0, 0.1) is 5.92 Å². The molecule has 0 bridgehead atoms. The number of nitrogens with zero attached hydrogens (tertiary/aromatic N) is 1. The predicted molar refractivity (Wildman–Crippen MR) is 108 cm³/mol. The average molecular weight is 414 g/mol. The van der Waals surface area contributed by atoms with Gasteiger partial charge in [0.1, 0.15) is 10.8 Å². The number of halogens is 1. The fourth-order valence-electron chi connectivity index (χ4n) is 3.14. The van der Waals surface area contributed by atoms with Crippen molar-refractivity contribution < 1.29 is 23.8 Å². The van der Waals surface area contributed by atoms with Crippen LogP contribution in [-0.2, 0) is 16.1 Å². The van der Waals surface area contributed by atoms with Crippen molar-refractivity contribution in [3.63, 3.8) is 0 Å². The number of hydrogen-bond donors (Lipinski definition) is 0. The first kappa shape index (κ1) is 19.3. The number of rotatable bonds is 6. The van der Waals surface area contributed by atoms with E-state index in [1.165, 1.54) is 0 Å². The molecule has 0 unspecified atom stereocenters. The Labute approximate surface area is 173 Å². The highest BCUT2D eigenvalue weighted by Gasteiger charge is 2.38. The molecule has 4 rings (SSSR count). The van der Waals surface area contributed by atoms with Crippen LogP contribution in [0.3, 0.4) is 0 Å². The highest BCUT2D eigenvalue weighted by atomic mass is 35.5. The van der Waals surface area contributed by atoms with Crippen molar-refractivity contribution in [2.24, 2.45) is 5.92 Å². The van der Waals surface area contributed by atoms with Gasteiger partial charge in [0.05, 0.1) is 18.7 Å². The lowest BCUT2D eigenvalue weighted by atomic mass is 10.1. The molecule has 0 saturated heterocycles. The molecule has 0 aromatic heterocycles. The number of fused-ring (bicyclic) bond motifs is 1. The number of imide groups is 1. The summed E-state index contributed by atoms with van der Waals surface area (Å²) in [5.41, 5.74) is 1.53. The summed E-state index contributed by atoms with van der Waals surface area (Å²) in [7, 11) is 0. The third-order valence-electron chi connectivity index (χ3n) is 4.62. The van der Waals surface area contributed by atoms with Crippen molar-refractivity contribution in [3.8, 4) is 17.2 Å². The SMILES string of the molecule is CC(C)COc1ccc(C2=C(Cl)C(=O)N(Cc3ccc4c(c3)OCO4)C2=O)cc1. The Morgan fingerprint density at radius 1 is 1.03 bits per heavy atom. The van der Waals surface area contributed by atoms with E-state index < -0.39 is 11.8 Å². The molecule has 0 N–H and O–H groups in total. The normalized spacial score (nSPS) is 15.7. The molecule has 150 valence electrons. The van der Waals surface area contributed by atoms with Gasteiger partial charge in [-0.25, -0.2) is 0 Å². The van der Waals surface area contributed by atoms with Crippen LogP contribution in [0.1, 0.15) is 25.0 Å². The minimum atomic E-state index is -0.510. The average Bonchev–Trinajstić information content (AvgIpc) is 3.25. The fraction of sp³-hybridized carbons (Fsp3) is 0.273. The number of ether oxygens (including phenoxy) is 3. The van der Waals surface area contributed by atoms with Gasteiger partial charge in [-0.1, -0.05) is 43.6 Å². The zero-order valence-electron chi connectivity index (χ0n) is 16.1. The summed E-state index contributed by atoms with van der Waals surface area (Å²) in [5, 5.41) is -0.0772. The molecule has 0 spiro atoms. The van der Waals surface area contributed by atoms with Crippen molar-refractivity contribution in [3.05, 3.63) is 58.6 Å². The van der Waals surface area contributed by atoms with Gasteiger partial charge in [-0.3, -0.25) is 14.5 Å². The highest BCUT2D eigenvalue weighted by Crippen LogP contribution is 2.36. The maximum atomic E-state index is 12.9. The molecule has 2 heterocycles. The smallest absolute Gasteiger partial charge is 0.273 e. The van der Waals surface area contributed by atoms with Gasteiger partial charge in [-0.05, 0) is 41.3 Å². The predicted octanol–water partition coefficient (Wildman–Crippen LogP) is 3.97.